The standard InChI is InChI=1S/C44H27F8NOS4/c1-3-4-5-6-22-54-43-39(49)35(45)33(36(46)40(43)50)34-37(47)41(51)44(42(52)38(34)48)58-29-20-16-26(17-21-29)55-25-14-18-28(19-15-25)57-32-9-7-8-31(30(32)23-53)56-27-12-10-24(2)11-13-27/h1,7-21H,4-6,22H2,2H3. The Morgan fingerprint density at radius 3 is 1.40 bits per heavy atom. The second kappa shape index (κ2) is 19.2. The van der Waals surface area contributed by atoms with Crippen LogP contribution in [-0.2, 0) is 0 Å². The summed E-state index contributed by atoms with van der Waals surface area (Å²) in [6, 6.07) is 29.8. The lowest BCUT2D eigenvalue weighted by atomic mass is 10.0. The molecule has 0 heterocycles. The van der Waals surface area contributed by atoms with Gasteiger partial charge in [-0.25, -0.2) is 26.3 Å². The molecule has 0 unspecified atom stereocenters. The molecular weight excluding hydrogens is 839 g/mol. The minimum atomic E-state index is -2.30. The molecule has 0 aliphatic carbocycles. The van der Waals surface area contributed by atoms with Gasteiger partial charge in [0, 0.05) is 40.7 Å². The van der Waals surface area contributed by atoms with Gasteiger partial charge in [0.2, 0.25) is 11.6 Å². The van der Waals surface area contributed by atoms with E-state index in [4.69, 9.17) is 11.2 Å². The number of hydrogen-bond acceptors (Lipinski definition) is 6. The number of halogens is 8. The number of unbranched alkanes of at least 4 members (excludes halogenated alkanes) is 2. The second-order valence-corrected chi connectivity index (χ2v) is 16.8. The van der Waals surface area contributed by atoms with Gasteiger partial charge < -0.3 is 4.74 Å². The highest BCUT2D eigenvalue weighted by atomic mass is 32.2. The highest BCUT2D eigenvalue weighted by Gasteiger charge is 2.35. The molecular formula is C44H27F8NOS4. The van der Waals surface area contributed by atoms with Crippen molar-refractivity contribution in [3.63, 3.8) is 0 Å². The topological polar surface area (TPSA) is 33.0 Å². The smallest absolute Gasteiger partial charge is 0.204 e. The van der Waals surface area contributed by atoms with Crippen molar-refractivity contribution in [2.45, 2.75) is 65.4 Å². The van der Waals surface area contributed by atoms with E-state index in [0.717, 1.165) is 30.0 Å². The van der Waals surface area contributed by atoms with Gasteiger partial charge in [-0.1, -0.05) is 70.8 Å². The minimum absolute atomic E-state index is 0.148. The Hall–Kier alpha value is -4.99. The number of terminal acetylenes is 1. The van der Waals surface area contributed by atoms with Gasteiger partial charge in [-0.05, 0) is 92.6 Å². The first-order valence-electron chi connectivity index (χ1n) is 17.2. The molecule has 294 valence electrons. The lowest BCUT2D eigenvalue weighted by molar-refractivity contribution is 0.265. The van der Waals surface area contributed by atoms with Crippen molar-refractivity contribution < 1.29 is 39.9 Å². The molecule has 6 aromatic rings. The molecule has 0 spiro atoms. The van der Waals surface area contributed by atoms with Crippen LogP contribution in [0, 0.1) is 77.1 Å². The molecule has 14 heteroatoms. The third kappa shape index (κ3) is 9.48. The first-order valence-corrected chi connectivity index (χ1v) is 20.5. The largest absolute Gasteiger partial charge is 0.487 e. The zero-order valence-corrected chi connectivity index (χ0v) is 33.3. The summed E-state index contributed by atoms with van der Waals surface area (Å²) in [5.41, 5.74) is -2.21. The van der Waals surface area contributed by atoms with Gasteiger partial charge >= 0.3 is 0 Å². The van der Waals surface area contributed by atoms with E-state index in [9.17, 15) is 14.0 Å². The van der Waals surface area contributed by atoms with Crippen LogP contribution in [0.5, 0.6) is 5.75 Å². The Morgan fingerprint density at radius 2 is 0.948 bits per heavy atom. The van der Waals surface area contributed by atoms with Crippen LogP contribution in [0.3, 0.4) is 0 Å². The average Bonchev–Trinajstić information content (AvgIpc) is 3.22. The van der Waals surface area contributed by atoms with Crippen LogP contribution < -0.4 is 4.74 Å². The van der Waals surface area contributed by atoms with Crippen LogP contribution in [0.25, 0.3) is 11.1 Å². The van der Waals surface area contributed by atoms with Gasteiger partial charge in [0.05, 0.1) is 28.2 Å². The summed E-state index contributed by atoms with van der Waals surface area (Å²) in [5, 5.41) is 9.99. The molecule has 0 atom stereocenters. The molecule has 0 bridgehead atoms. The fraction of sp³-hybridized carbons (Fsp3) is 0.114. The van der Waals surface area contributed by atoms with Crippen LogP contribution in [0.15, 0.2) is 130 Å². The highest BCUT2D eigenvalue weighted by molar-refractivity contribution is 8.00. The summed E-state index contributed by atoms with van der Waals surface area (Å²) in [6.45, 7) is 1.62. The minimum Gasteiger partial charge on any atom is -0.487 e. The highest BCUT2D eigenvalue weighted by Crippen LogP contribution is 2.44. The summed E-state index contributed by atoms with van der Waals surface area (Å²) in [4.78, 5) is 4.09. The molecule has 58 heavy (non-hydrogen) atoms. The van der Waals surface area contributed by atoms with E-state index in [2.05, 4.69) is 12.0 Å². The number of rotatable bonds is 14. The quantitative estimate of drug-likeness (QED) is 0.0469. The van der Waals surface area contributed by atoms with Crippen molar-refractivity contribution in [2.75, 3.05) is 6.61 Å². The molecule has 0 saturated heterocycles. The summed E-state index contributed by atoms with van der Waals surface area (Å²) in [7, 11) is 0. The molecule has 0 radical (unpaired) electrons. The Labute approximate surface area is 346 Å². The SMILES string of the molecule is C#CCCCCOc1c(F)c(F)c(-c2c(F)c(F)c(Sc3ccc(Sc4ccc(Sc5cccc(Sc6ccc(C)cc6)c5C#N)cc4)cc3)c(F)c2F)c(F)c1F. The van der Waals surface area contributed by atoms with E-state index >= 15 is 26.3 Å². The average molecular weight is 866 g/mol. The molecule has 0 aliphatic rings. The predicted molar refractivity (Wildman–Crippen MR) is 211 cm³/mol. The van der Waals surface area contributed by atoms with Gasteiger partial charge in [0.15, 0.2) is 40.7 Å². The van der Waals surface area contributed by atoms with Gasteiger partial charge in [0.1, 0.15) is 6.07 Å². The summed E-state index contributed by atoms with van der Waals surface area (Å²) in [5.74, 6) is -16.6. The third-order valence-electron chi connectivity index (χ3n) is 8.34. The van der Waals surface area contributed by atoms with Gasteiger partial charge in [-0.15, -0.1) is 12.3 Å². The molecule has 0 fully saturated rings. The zero-order chi connectivity index (χ0) is 41.5. The monoisotopic (exact) mass is 865 g/mol. The molecule has 0 aliphatic heterocycles. The molecule has 0 saturated carbocycles. The fourth-order valence-electron chi connectivity index (χ4n) is 5.44. The Bertz CT molecular complexity index is 2500. The third-order valence-corrected chi connectivity index (χ3v) is 12.6. The molecule has 6 aromatic carbocycles. The fourth-order valence-corrected chi connectivity index (χ4v) is 9.05. The van der Waals surface area contributed by atoms with Crippen molar-refractivity contribution in [3.8, 4) is 35.3 Å². The number of aryl methyl sites for hydroxylation is 1. The zero-order valence-electron chi connectivity index (χ0n) is 30.1. The molecule has 6 rings (SSSR count). The van der Waals surface area contributed by atoms with Crippen molar-refractivity contribution in [1.29, 1.82) is 5.26 Å². The van der Waals surface area contributed by atoms with Gasteiger partial charge in [0.25, 0.3) is 0 Å². The predicted octanol–water partition coefficient (Wildman–Crippen LogP) is 14.4. The van der Waals surface area contributed by atoms with Crippen molar-refractivity contribution in [1.82, 2.24) is 0 Å². The van der Waals surface area contributed by atoms with Crippen molar-refractivity contribution >= 4 is 47.0 Å². The molecule has 0 aromatic heterocycles. The number of hydrogen-bond donors (Lipinski definition) is 0. The molecule has 2 nitrogen and oxygen atoms in total. The van der Waals surface area contributed by atoms with E-state index in [-0.39, 0.29) is 11.3 Å². The van der Waals surface area contributed by atoms with E-state index in [1.165, 1.54) is 47.4 Å². The second-order valence-electron chi connectivity index (χ2n) is 12.3. The lowest BCUT2D eigenvalue weighted by Crippen LogP contribution is -2.10. The number of nitriles is 1. The van der Waals surface area contributed by atoms with E-state index < -0.39 is 74.9 Å². The normalized spacial score (nSPS) is 11.0. The Morgan fingerprint density at radius 1 is 0.534 bits per heavy atom. The summed E-state index contributed by atoms with van der Waals surface area (Å²) >= 11 is 4.63. The van der Waals surface area contributed by atoms with Crippen LogP contribution in [0.2, 0.25) is 0 Å². The molecule has 0 amide bonds. The van der Waals surface area contributed by atoms with Crippen LogP contribution >= 0.6 is 47.0 Å². The van der Waals surface area contributed by atoms with Crippen molar-refractivity contribution in [3.05, 3.63) is 149 Å². The molecule has 0 N–H and O–H groups in total. The summed E-state index contributed by atoms with van der Waals surface area (Å²) in [6.07, 6.45) is 5.96. The van der Waals surface area contributed by atoms with E-state index in [0.29, 0.717) is 35.1 Å². The van der Waals surface area contributed by atoms with Gasteiger partial charge in [-0.3, -0.25) is 0 Å². The maximum Gasteiger partial charge on any atom is 0.204 e. The Balaban J connectivity index is 1.14. The van der Waals surface area contributed by atoms with E-state index in [1.807, 2.05) is 73.7 Å². The maximum absolute atomic E-state index is 15.3. The Kier molecular flexibility index (Phi) is 14.1. The lowest BCUT2D eigenvalue weighted by Gasteiger charge is -2.16. The van der Waals surface area contributed by atoms with Crippen LogP contribution in [0.4, 0.5) is 35.1 Å². The van der Waals surface area contributed by atoms with Crippen molar-refractivity contribution in [2.24, 2.45) is 0 Å². The first-order chi connectivity index (χ1) is 27.9. The number of benzene rings is 6. The first kappa shape index (κ1) is 42.6. The van der Waals surface area contributed by atoms with Crippen LogP contribution in [0.1, 0.15) is 30.4 Å². The summed E-state index contributed by atoms with van der Waals surface area (Å²) < 4.78 is 126. The number of nitrogens with zero attached hydrogens (tertiary/aromatic N) is 1. The van der Waals surface area contributed by atoms with E-state index in [1.54, 1.807) is 12.1 Å². The van der Waals surface area contributed by atoms with Crippen LogP contribution in [-0.4, -0.2) is 6.61 Å². The van der Waals surface area contributed by atoms with Gasteiger partial charge in [-0.2, -0.15) is 14.0 Å². The number of ether oxygens (including phenoxy) is 1. The maximum atomic E-state index is 15.3.